The molecule has 0 aromatic heterocycles. The third-order valence-corrected chi connectivity index (χ3v) is 7.09. The van der Waals surface area contributed by atoms with E-state index in [-0.39, 0.29) is 11.7 Å². The molecule has 0 saturated heterocycles. The zero-order valence-corrected chi connectivity index (χ0v) is 15.9. The van der Waals surface area contributed by atoms with Crippen LogP contribution in [0.1, 0.15) is 65.2 Å². The molecule has 0 aromatic rings. The van der Waals surface area contributed by atoms with Gasteiger partial charge in [0, 0.05) is 6.42 Å². The molecular formula is C12H27ClO8P2. The van der Waals surface area contributed by atoms with E-state index in [0.29, 0.717) is 19.3 Å². The molecule has 140 valence electrons. The normalized spacial score (nSPS) is 12.5. The summed E-state index contributed by atoms with van der Waals surface area (Å²) in [5.41, 5.74) is 0. The van der Waals surface area contributed by atoms with Gasteiger partial charge in [0.1, 0.15) is 0 Å². The van der Waals surface area contributed by atoms with Gasteiger partial charge < -0.3 is 24.7 Å². The number of carbonyl (C=O) groups is 1. The van der Waals surface area contributed by atoms with Crippen LogP contribution >= 0.6 is 26.8 Å². The predicted octanol–water partition coefficient (Wildman–Crippen LogP) is 2.90. The molecule has 5 N–H and O–H groups in total. The van der Waals surface area contributed by atoms with E-state index in [4.69, 9.17) is 31.2 Å². The molecule has 0 aliphatic rings. The van der Waals surface area contributed by atoms with E-state index in [1.807, 2.05) is 6.92 Å². The minimum atomic E-state index is -5.26. The summed E-state index contributed by atoms with van der Waals surface area (Å²) in [6.07, 6.45) is 4.50. The van der Waals surface area contributed by atoms with Gasteiger partial charge >= 0.3 is 15.2 Å². The Labute approximate surface area is 141 Å². The highest BCUT2D eigenvalue weighted by molar-refractivity contribution is 7.72. The molecule has 0 radical (unpaired) electrons. The lowest BCUT2D eigenvalue weighted by Gasteiger charge is -2.29. The van der Waals surface area contributed by atoms with Crippen molar-refractivity contribution in [3.05, 3.63) is 0 Å². The first kappa shape index (κ1) is 25.5. The average Bonchev–Trinajstić information content (AvgIpc) is 2.37. The number of rotatable bonds is 10. The van der Waals surface area contributed by atoms with Gasteiger partial charge in [-0.1, -0.05) is 39.5 Å². The molecule has 8 nitrogen and oxygen atoms in total. The van der Waals surface area contributed by atoms with Crippen molar-refractivity contribution < 1.29 is 38.6 Å². The Bertz CT molecular complexity index is 409. The van der Waals surface area contributed by atoms with Gasteiger partial charge in [-0.3, -0.25) is 13.9 Å². The lowest BCUT2D eigenvalue weighted by atomic mass is 10.2. The molecule has 0 rings (SSSR count). The van der Waals surface area contributed by atoms with Gasteiger partial charge in [-0.2, -0.15) is 0 Å². The van der Waals surface area contributed by atoms with Gasteiger partial charge in [0.25, 0.3) is 5.08 Å². The van der Waals surface area contributed by atoms with Crippen molar-refractivity contribution >= 4 is 32.0 Å². The van der Waals surface area contributed by atoms with Gasteiger partial charge in [0.05, 0.1) is 0 Å². The SMILES string of the molecule is CCCCCC(=O)Cl.CCCCCC(O)(P(=O)(O)O)P(=O)(O)O. The molecule has 0 unspecified atom stereocenters. The summed E-state index contributed by atoms with van der Waals surface area (Å²) in [6.45, 7) is 3.91. The summed E-state index contributed by atoms with van der Waals surface area (Å²) in [4.78, 5) is 45.0. The lowest BCUT2D eigenvalue weighted by molar-refractivity contribution is -0.111. The second-order valence-corrected chi connectivity index (χ2v) is 9.56. The van der Waals surface area contributed by atoms with Crippen LogP contribution in [0.4, 0.5) is 0 Å². The Morgan fingerprint density at radius 3 is 1.61 bits per heavy atom. The van der Waals surface area contributed by atoms with Crippen molar-refractivity contribution in [3.63, 3.8) is 0 Å². The van der Waals surface area contributed by atoms with Crippen molar-refractivity contribution in [1.82, 2.24) is 0 Å². The van der Waals surface area contributed by atoms with Gasteiger partial charge in [-0.15, -0.1) is 0 Å². The van der Waals surface area contributed by atoms with Crippen LogP contribution in [0.5, 0.6) is 0 Å². The molecule has 0 fully saturated rings. The molecule has 0 aromatic carbocycles. The Hall–Kier alpha value is 0.220. The van der Waals surface area contributed by atoms with Crippen LogP contribution in [0.25, 0.3) is 0 Å². The largest absolute Gasteiger partial charge is 0.369 e. The van der Waals surface area contributed by atoms with Crippen LogP contribution in [0.2, 0.25) is 0 Å². The molecule has 0 aliphatic heterocycles. The van der Waals surface area contributed by atoms with E-state index in [1.165, 1.54) is 0 Å². The smallest absolute Gasteiger partial charge is 0.368 e. The Morgan fingerprint density at radius 1 is 0.913 bits per heavy atom. The monoisotopic (exact) mass is 396 g/mol. The van der Waals surface area contributed by atoms with E-state index in [9.17, 15) is 19.0 Å². The number of halogens is 1. The molecule has 0 amide bonds. The van der Waals surface area contributed by atoms with Crippen LogP contribution < -0.4 is 0 Å². The Morgan fingerprint density at radius 2 is 1.30 bits per heavy atom. The van der Waals surface area contributed by atoms with E-state index in [0.717, 1.165) is 19.3 Å². The van der Waals surface area contributed by atoms with Crippen LogP contribution in [0.3, 0.4) is 0 Å². The number of unbranched alkanes of at least 4 members (excludes halogenated alkanes) is 4. The molecule has 0 spiro atoms. The zero-order valence-electron chi connectivity index (χ0n) is 13.4. The molecule has 0 bridgehead atoms. The van der Waals surface area contributed by atoms with Gasteiger partial charge in [-0.25, -0.2) is 0 Å². The van der Waals surface area contributed by atoms with E-state index in [2.05, 4.69) is 6.92 Å². The highest BCUT2D eigenvalue weighted by atomic mass is 35.5. The Balaban J connectivity index is 0. The summed E-state index contributed by atoms with van der Waals surface area (Å²) in [6, 6.07) is 0. The van der Waals surface area contributed by atoms with Crippen LogP contribution in [-0.4, -0.2) is 35.0 Å². The minimum absolute atomic E-state index is 0.142. The molecule has 0 saturated carbocycles. The summed E-state index contributed by atoms with van der Waals surface area (Å²) in [7, 11) is -10.5. The molecule has 23 heavy (non-hydrogen) atoms. The van der Waals surface area contributed by atoms with Gasteiger partial charge in [0.2, 0.25) is 5.24 Å². The molecule has 0 aliphatic carbocycles. The standard InChI is InChI=1S/C6H11ClO.C6H16O7P2/c1-2-3-4-5-6(7)8;1-2-3-4-5-6(7,14(8,9)10)15(11,12)13/h2-5H2,1H3;7H,2-5H2,1H3,(H2,8,9,10)(H2,11,12,13). The van der Waals surface area contributed by atoms with Crippen molar-refractivity contribution in [3.8, 4) is 0 Å². The highest BCUT2D eigenvalue weighted by Gasteiger charge is 2.58. The van der Waals surface area contributed by atoms with Crippen molar-refractivity contribution in [2.24, 2.45) is 0 Å². The maximum atomic E-state index is 10.8. The van der Waals surface area contributed by atoms with Gasteiger partial charge in [-0.05, 0) is 30.9 Å². The van der Waals surface area contributed by atoms with Crippen LogP contribution in [0, 0.1) is 0 Å². The molecular weight excluding hydrogens is 370 g/mol. The molecule has 0 atom stereocenters. The first-order chi connectivity index (χ1) is 10.3. The average molecular weight is 397 g/mol. The summed E-state index contributed by atoms with van der Waals surface area (Å²) in [5.74, 6) is 0. The number of carbonyl (C=O) groups excluding carboxylic acids is 1. The van der Waals surface area contributed by atoms with Crippen molar-refractivity contribution in [1.29, 1.82) is 0 Å². The molecule has 0 heterocycles. The van der Waals surface area contributed by atoms with E-state index in [1.54, 1.807) is 0 Å². The maximum absolute atomic E-state index is 10.8. The van der Waals surface area contributed by atoms with Crippen LogP contribution in [-0.2, 0) is 13.9 Å². The van der Waals surface area contributed by atoms with Crippen molar-refractivity contribution in [2.75, 3.05) is 0 Å². The second kappa shape index (κ2) is 11.7. The number of aliphatic hydroxyl groups is 1. The topological polar surface area (TPSA) is 152 Å². The fourth-order valence-electron chi connectivity index (χ4n) is 1.59. The van der Waals surface area contributed by atoms with Gasteiger partial charge in [0.15, 0.2) is 0 Å². The molecule has 11 heteroatoms. The minimum Gasteiger partial charge on any atom is -0.368 e. The zero-order chi connectivity index (χ0) is 18.7. The fraction of sp³-hybridized carbons (Fsp3) is 0.917. The predicted molar refractivity (Wildman–Crippen MR) is 88.2 cm³/mol. The first-order valence-electron chi connectivity index (χ1n) is 7.35. The van der Waals surface area contributed by atoms with Crippen LogP contribution in [0.15, 0.2) is 0 Å². The van der Waals surface area contributed by atoms with E-state index < -0.39 is 26.7 Å². The summed E-state index contributed by atoms with van der Waals surface area (Å²) < 4.78 is 21.7. The fourth-order valence-corrected chi connectivity index (χ4v) is 3.98. The second-order valence-electron chi connectivity index (χ2n) is 5.13. The van der Waals surface area contributed by atoms with E-state index >= 15 is 0 Å². The quantitative estimate of drug-likeness (QED) is 0.214. The summed E-state index contributed by atoms with van der Waals surface area (Å²) >= 11 is 5.07. The maximum Gasteiger partial charge on any atom is 0.369 e. The summed E-state index contributed by atoms with van der Waals surface area (Å²) in [5, 5.41) is 5.93. The third kappa shape index (κ3) is 10.6. The number of hydrogen-bond donors (Lipinski definition) is 5. The highest BCUT2D eigenvalue weighted by Crippen LogP contribution is 2.69. The number of hydrogen-bond acceptors (Lipinski definition) is 4. The lowest BCUT2D eigenvalue weighted by Crippen LogP contribution is -2.28. The first-order valence-corrected chi connectivity index (χ1v) is 11.0. The third-order valence-electron chi connectivity index (χ3n) is 3.03. The van der Waals surface area contributed by atoms with Crippen molar-refractivity contribution in [2.45, 2.75) is 70.3 Å². The Kier molecular flexibility index (Phi) is 13.0.